The fraction of sp³-hybridized carbons (Fsp3) is 0.500. The van der Waals surface area contributed by atoms with Crippen molar-refractivity contribution in [3.8, 4) is 5.75 Å². The van der Waals surface area contributed by atoms with Crippen LogP contribution < -0.4 is 10.5 Å². The van der Waals surface area contributed by atoms with Gasteiger partial charge < -0.3 is 10.5 Å². The van der Waals surface area contributed by atoms with Crippen LogP contribution in [-0.2, 0) is 4.79 Å². The molecule has 2 N–H and O–H groups in total. The van der Waals surface area contributed by atoms with E-state index in [4.69, 9.17) is 10.5 Å². The number of likely N-dealkylation sites (tertiary alicyclic amines) is 1. The van der Waals surface area contributed by atoms with Crippen LogP contribution >= 0.6 is 0 Å². The molecule has 1 aliphatic rings. The van der Waals surface area contributed by atoms with E-state index in [9.17, 15) is 4.79 Å². The second-order valence-electron chi connectivity index (χ2n) is 4.83. The molecule has 2 atom stereocenters. The van der Waals surface area contributed by atoms with Crippen molar-refractivity contribution < 1.29 is 9.53 Å². The monoisotopic (exact) mass is 248 g/mol. The van der Waals surface area contributed by atoms with Crippen LogP contribution in [0.3, 0.4) is 0 Å². The highest BCUT2D eigenvalue weighted by Gasteiger charge is 2.29. The highest BCUT2D eigenvalue weighted by molar-refractivity contribution is 5.79. The number of methoxy groups -OCH3 is 1. The number of hydrogen-bond acceptors (Lipinski definition) is 3. The molecule has 0 aromatic heterocycles. The van der Waals surface area contributed by atoms with Gasteiger partial charge in [-0.15, -0.1) is 0 Å². The first-order valence-corrected chi connectivity index (χ1v) is 6.29. The molecule has 0 spiro atoms. The lowest BCUT2D eigenvalue weighted by Crippen LogP contribution is -2.41. The summed E-state index contributed by atoms with van der Waals surface area (Å²) in [4.78, 5) is 13.3. The predicted octanol–water partition coefficient (Wildman–Crippen LogP) is 1.36. The Balaban J connectivity index is 2.01. The lowest BCUT2D eigenvalue weighted by molar-refractivity contribution is -0.122. The number of primary amides is 1. The Hall–Kier alpha value is -1.55. The van der Waals surface area contributed by atoms with Gasteiger partial charge in [0.15, 0.2) is 0 Å². The van der Waals surface area contributed by atoms with Gasteiger partial charge in [-0.2, -0.15) is 0 Å². The Morgan fingerprint density at radius 1 is 1.44 bits per heavy atom. The van der Waals surface area contributed by atoms with Crippen molar-refractivity contribution >= 4 is 5.91 Å². The molecule has 0 radical (unpaired) electrons. The highest BCUT2D eigenvalue weighted by Crippen LogP contribution is 2.29. The molecule has 0 saturated carbocycles. The minimum absolute atomic E-state index is 0.173. The van der Waals surface area contributed by atoms with Crippen molar-refractivity contribution in [1.82, 2.24) is 4.90 Å². The van der Waals surface area contributed by atoms with Gasteiger partial charge >= 0.3 is 0 Å². The van der Waals surface area contributed by atoms with E-state index in [-0.39, 0.29) is 11.9 Å². The third-order valence-electron chi connectivity index (χ3n) is 3.77. The van der Waals surface area contributed by atoms with Crippen molar-refractivity contribution in [2.24, 2.45) is 5.73 Å². The standard InChI is InChI=1S/C14H20N2O2/c1-10(14(15)17)16-8-7-12(9-16)11-3-5-13(18-2)6-4-11/h3-6,10,12H,7-9H2,1-2H3,(H2,15,17)/t10-,12-/m1/s1. The molecule has 1 aliphatic heterocycles. The predicted molar refractivity (Wildman–Crippen MR) is 70.6 cm³/mol. The molecule has 1 fully saturated rings. The minimum Gasteiger partial charge on any atom is -0.497 e. The minimum atomic E-state index is -0.245. The number of hydrogen-bond donors (Lipinski definition) is 1. The van der Waals surface area contributed by atoms with Crippen LogP contribution in [0.15, 0.2) is 24.3 Å². The van der Waals surface area contributed by atoms with Gasteiger partial charge in [0.2, 0.25) is 5.91 Å². The maximum Gasteiger partial charge on any atom is 0.234 e. The van der Waals surface area contributed by atoms with Gasteiger partial charge in [-0.3, -0.25) is 9.69 Å². The molecular weight excluding hydrogens is 228 g/mol. The Morgan fingerprint density at radius 2 is 2.11 bits per heavy atom. The van der Waals surface area contributed by atoms with Crippen LogP contribution in [0.25, 0.3) is 0 Å². The van der Waals surface area contributed by atoms with Gasteiger partial charge in [-0.1, -0.05) is 12.1 Å². The molecule has 98 valence electrons. The Morgan fingerprint density at radius 3 is 2.67 bits per heavy atom. The summed E-state index contributed by atoms with van der Waals surface area (Å²) in [6.45, 7) is 3.70. The lowest BCUT2D eigenvalue weighted by atomic mass is 9.98. The van der Waals surface area contributed by atoms with Gasteiger partial charge in [-0.05, 0) is 43.5 Å². The van der Waals surface area contributed by atoms with Crippen molar-refractivity contribution in [2.45, 2.75) is 25.3 Å². The number of carbonyl (C=O) groups is 1. The third kappa shape index (κ3) is 2.64. The van der Waals surface area contributed by atoms with Crippen molar-refractivity contribution in [3.05, 3.63) is 29.8 Å². The van der Waals surface area contributed by atoms with Crippen LogP contribution in [0, 0.1) is 0 Å². The van der Waals surface area contributed by atoms with Crippen LogP contribution in [0.4, 0.5) is 0 Å². The zero-order valence-electron chi connectivity index (χ0n) is 10.9. The first-order valence-electron chi connectivity index (χ1n) is 6.29. The van der Waals surface area contributed by atoms with Gasteiger partial charge in [0.25, 0.3) is 0 Å². The number of nitrogens with two attached hydrogens (primary N) is 1. The SMILES string of the molecule is COc1ccc([C@@H]2CCN([C@H](C)C(N)=O)C2)cc1. The molecule has 18 heavy (non-hydrogen) atoms. The summed E-state index contributed by atoms with van der Waals surface area (Å²) in [6.07, 6.45) is 1.07. The topological polar surface area (TPSA) is 55.6 Å². The van der Waals surface area contributed by atoms with E-state index < -0.39 is 0 Å². The average Bonchev–Trinajstić information content (AvgIpc) is 2.87. The van der Waals surface area contributed by atoms with Crippen molar-refractivity contribution in [3.63, 3.8) is 0 Å². The summed E-state index contributed by atoms with van der Waals surface area (Å²) >= 11 is 0. The number of amides is 1. The van der Waals surface area contributed by atoms with E-state index in [1.807, 2.05) is 19.1 Å². The first kappa shape index (κ1) is 12.9. The second kappa shape index (κ2) is 5.40. The summed E-state index contributed by atoms with van der Waals surface area (Å²) in [7, 11) is 1.67. The zero-order valence-corrected chi connectivity index (χ0v) is 10.9. The van der Waals surface area contributed by atoms with E-state index in [1.165, 1.54) is 5.56 Å². The molecule has 4 heteroatoms. The van der Waals surface area contributed by atoms with Crippen molar-refractivity contribution in [1.29, 1.82) is 0 Å². The van der Waals surface area contributed by atoms with Crippen LogP contribution in [0.5, 0.6) is 5.75 Å². The molecule has 1 aromatic rings. The summed E-state index contributed by atoms with van der Waals surface area (Å²) in [6, 6.07) is 7.99. The average molecular weight is 248 g/mol. The smallest absolute Gasteiger partial charge is 0.234 e. The quantitative estimate of drug-likeness (QED) is 0.875. The molecule has 1 heterocycles. The first-order chi connectivity index (χ1) is 8.61. The molecule has 1 saturated heterocycles. The largest absolute Gasteiger partial charge is 0.497 e. The van der Waals surface area contributed by atoms with Gasteiger partial charge in [0.1, 0.15) is 5.75 Å². The highest BCUT2D eigenvalue weighted by atomic mass is 16.5. The normalized spacial score (nSPS) is 21.8. The van der Waals surface area contributed by atoms with Gasteiger partial charge in [0.05, 0.1) is 13.2 Å². The molecular formula is C14H20N2O2. The molecule has 0 unspecified atom stereocenters. The Labute approximate surface area is 108 Å². The molecule has 0 bridgehead atoms. The second-order valence-corrected chi connectivity index (χ2v) is 4.83. The summed E-state index contributed by atoms with van der Waals surface area (Å²) in [5, 5.41) is 0. The Bertz CT molecular complexity index is 416. The fourth-order valence-electron chi connectivity index (χ4n) is 2.47. The van der Waals surface area contributed by atoms with E-state index >= 15 is 0 Å². The number of ether oxygens (including phenoxy) is 1. The summed E-state index contributed by atoms with van der Waals surface area (Å²) in [5.74, 6) is 1.11. The van der Waals surface area contributed by atoms with Crippen LogP contribution in [0.2, 0.25) is 0 Å². The maximum absolute atomic E-state index is 11.2. The number of benzene rings is 1. The van der Waals surface area contributed by atoms with Crippen molar-refractivity contribution in [2.75, 3.05) is 20.2 Å². The van der Waals surface area contributed by atoms with E-state index in [2.05, 4.69) is 17.0 Å². The molecule has 1 aromatic carbocycles. The molecule has 4 nitrogen and oxygen atoms in total. The molecule has 2 rings (SSSR count). The Kier molecular flexibility index (Phi) is 3.87. The van der Waals surface area contributed by atoms with Gasteiger partial charge in [0, 0.05) is 6.54 Å². The van der Waals surface area contributed by atoms with E-state index in [0.29, 0.717) is 5.92 Å². The number of rotatable bonds is 4. The number of nitrogens with zero attached hydrogens (tertiary/aromatic N) is 1. The van der Waals surface area contributed by atoms with Crippen LogP contribution in [-0.4, -0.2) is 37.0 Å². The lowest BCUT2D eigenvalue weighted by Gasteiger charge is -2.21. The molecule has 0 aliphatic carbocycles. The third-order valence-corrected chi connectivity index (χ3v) is 3.77. The summed E-state index contributed by atoms with van der Waals surface area (Å²) in [5.41, 5.74) is 6.64. The fourth-order valence-corrected chi connectivity index (χ4v) is 2.47. The summed E-state index contributed by atoms with van der Waals surface area (Å²) < 4.78 is 5.15. The van der Waals surface area contributed by atoms with Gasteiger partial charge in [-0.25, -0.2) is 0 Å². The van der Waals surface area contributed by atoms with E-state index in [1.54, 1.807) is 7.11 Å². The zero-order chi connectivity index (χ0) is 13.1. The van der Waals surface area contributed by atoms with E-state index in [0.717, 1.165) is 25.3 Å². The number of carbonyl (C=O) groups excluding carboxylic acids is 1. The molecule has 1 amide bonds. The van der Waals surface area contributed by atoms with Crippen LogP contribution in [0.1, 0.15) is 24.8 Å². The maximum atomic E-state index is 11.2.